The number of amides is 1. The standard InChI is InChI=1S/C23H23FN2O2/c1-26(16-19-5-3-4-6-22(19)24)15-17-7-9-18(10-8-17)23(27)25-20-11-13-21(28-2)14-12-20/h3-14H,15-16H2,1-2H3,(H,25,27). The molecular formula is C23H23FN2O2. The van der Waals surface area contributed by atoms with Gasteiger partial charge in [-0.15, -0.1) is 0 Å². The lowest BCUT2D eigenvalue weighted by Crippen LogP contribution is -2.18. The Balaban J connectivity index is 1.57. The van der Waals surface area contributed by atoms with Crippen molar-refractivity contribution < 1.29 is 13.9 Å². The molecule has 0 aliphatic carbocycles. The number of hydrogen-bond acceptors (Lipinski definition) is 3. The molecule has 0 radical (unpaired) electrons. The molecular weight excluding hydrogens is 355 g/mol. The lowest BCUT2D eigenvalue weighted by molar-refractivity contribution is 0.102. The van der Waals surface area contributed by atoms with Gasteiger partial charge < -0.3 is 10.1 Å². The summed E-state index contributed by atoms with van der Waals surface area (Å²) in [4.78, 5) is 14.4. The number of methoxy groups -OCH3 is 1. The number of benzene rings is 3. The highest BCUT2D eigenvalue weighted by Gasteiger charge is 2.09. The van der Waals surface area contributed by atoms with Crippen molar-refractivity contribution in [2.45, 2.75) is 13.1 Å². The Morgan fingerprint density at radius 2 is 1.64 bits per heavy atom. The summed E-state index contributed by atoms with van der Waals surface area (Å²) in [6, 6.07) is 21.4. The van der Waals surface area contributed by atoms with Crippen LogP contribution in [0.3, 0.4) is 0 Å². The van der Waals surface area contributed by atoms with Gasteiger partial charge in [-0.05, 0) is 55.1 Å². The Morgan fingerprint density at radius 1 is 0.964 bits per heavy atom. The van der Waals surface area contributed by atoms with Crippen molar-refractivity contribution in [3.05, 3.63) is 95.3 Å². The predicted molar refractivity (Wildman–Crippen MR) is 109 cm³/mol. The Hall–Kier alpha value is -3.18. The molecule has 0 aliphatic rings. The molecule has 0 fully saturated rings. The van der Waals surface area contributed by atoms with E-state index in [1.807, 2.05) is 30.1 Å². The number of nitrogens with zero attached hydrogens (tertiary/aromatic N) is 1. The first-order chi connectivity index (χ1) is 13.5. The third-order valence-electron chi connectivity index (χ3n) is 4.41. The van der Waals surface area contributed by atoms with Crippen molar-refractivity contribution in [2.24, 2.45) is 0 Å². The second-order valence-corrected chi connectivity index (χ2v) is 6.64. The van der Waals surface area contributed by atoms with E-state index in [1.165, 1.54) is 6.07 Å². The molecule has 28 heavy (non-hydrogen) atoms. The minimum atomic E-state index is -0.195. The van der Waals surface area contributed by atoms with Crippen LogP contribution in [-0.4, -0.2) is 25.0 Å². The van der Waals surface area contributed by atoms with E-state index in [0.717, 1.165) is 11.3 Å². The first-order valence-corrected chi connectivity index (χ1v) is 9.01. The molecule has 0 atom stereocenters. The smallest absolute Gasteiger partial charge is 0.255 e. The van der Waals surface area contributed by atoms with Crippen LogP contribution in [0, 0.1) is 5.82 Å². The summed E-state index contributed by atoms with van der Waals surface area (Å²) in [5, 5.41) is 2.86. The largest absolute Gasteiger partial charge is 0.497 e. The van der Waals surface area contributed by atoms with Crippen LogP contribution in [-0.2, 0) is 13.1 Å². The topological polar surface area (TPSA) is 41.6 Å². The Morgan fingerprint density at radius 3 is 2.29 bits per heavy atom. The van der Waals surface area contributed by atoms with E-state index in [0.29, 0.717) is 29.9 Å². The van der Waals surface area contributed by atoms with Gasteiger partial charge in [-0.3, -0.25) is 9.69 Å². The molecule has 0 aromatic heterocycles. The lowest BCUT2D eigenvalue weighted by atomic mass is 10.1. The van der Waals surface area contributed by atoms with Crippen molar-refractivity contribution in [2.75, 3.05) is 19.5 Å². The molecule has 0 saturated heterocycles. The minimum Gasteiger partial charge on any atom is -0.497 e. The molecule has 144 valence electrons. The normalized spacial score (nSPS) is 10.7. The number of nitrogens with one attached hydrogen (secondary N) is 1. The van der Waals surface area contributed by atoms with Crippen molar-refractivity contribution >= 4 is 11.6 Å². The molecule has 3 aromatic rings. The summed E-state index contributed by atoms with van der Waals surface area (Å²) >= 11 is 0. The van der Waals surface area contributed by atoms with Crippen molar-refractivity contribution in [3.63, 3.8) is 0 Å². The third-order valence-corrected chi connectivity index (χ3v) is 4.41. The molecule has 3 rings (SSSR count). The fourth-order valence-electron chi connectivity index (χ4n) is 2.92. The lowest BCUT2D eigenvalue weighted by Gasteiger charge is -2.17. The zero-order valence-corrected chi connectivity index (χ0v) is 16.0. The van der Waals surface area contributed by atoms with Crippen molar-refractivity contribution in [3.8, 4) is 5.75 Å². The quantitative estimate of drug-likeness (QED) is 0.647. The van der Waals surface area contributed by atoms with Gasteiger partial charge in [-0.1, -0.05) is 30.3 Å². The number of ether oxygens (including phenoxy) is 1. The maximum Gasteiger partial charge on any atom is 0.255 e. The average molecular weight is 378 g/mol. The molecule has 0 aliphatic heterocycles. The van der Waals surface area contributed by atoms with Crippen LogP contribution in [0.15, 0.2) is 72.8 Å². The zero-order valence-electron chi connectivity index (χ0n) is 16.0. The van der Waals surface area contributed by atoms with Gasteiger partial charge in [-0.2, -0.15) is 0 Å². The highest BCUT2D eigenvalue weighted by Crippen LogP contribution is 2.17. The van der Waals surface area contributed by atoms with E-state index >= 15 is 0 Å². The van der Waals surface area contributed by atoms with Crippen LogP contribution in [0.2, 0.25) is 0 Å². The van der Waals surface area contributed by atoms with Gasteiger partial charge in [0.2, 0.25) is 0 Å². The first-order valence-electron chi connectivity index (χ1n) is 9.01. The van der Waals surface area contributed by atoms with Crippen molar-refractivity contribution in [1.29, 1.82) is 0 Å². The van der Waals surface area contributed by atoms with Crippen LogP contribution >= 0.6 is 0 Å². The van der Waals surface area contributed by atoms with Crippen molar-refractivity contribution in [1.82, 2.24) is 4.90 Å². The summed E-state index contributed by atoms with van der Waals surface area (Å²) in [7, 11) is 3.54. The second-order valence-electron chi connectivity index (χ2n) is 6.64. The molecule has 3 aromatic carbocycles. The van der Waals surface area contributed by atoms with E-state index in [4.69, 9.17) is 4.74 Å². The predicted octanol–water partition coefficient (Wildman–Crippen LogP) is 4.72. The summed E-state index contributed by atoms with van der Waals surface area (Å²) in [5.74, 6) is 0.373. The molecule has 0 unspecified atom stereocenters. The highest BCUT2D eigenvalue weighted by atomic mass is 19.1. The van der Waals surface area contributed by atoms with Gasteiger partial charge in [-0.25, -0.2) is 4.39 Å². The van der Waals surface area contributed by atoms with E-state index in [1.54, 1.807) is 55.6 Å². The second kappa shape index (κ2) is 9.15. The van der Waals surface area contributed by atoms with E-state index < -0.39 is 0 Å². The highest BCUT2D eigenvalue weighted by molar-refractivity contribution is 6.04. The van der Waals surface area contributed by atoms with E-state index in [2.05, 4.69) is 5.32 Å². The fourth-order valence-corrected chi connectivity index (χ4v) is 2.92. The Bertz CT molecular complexity index is 924. The molecule has 0 heterocycles. The van der Waals surface area contributed by atoms with Crippen LogP contribution in [0.1, 0.15) is 21.5 Å². The first kappa shape index (κ1) is 19.6. The number of hydrogen-bond donors (Lipinski definition) is 1. The summed E-state index contributed by atoms with van der Waals surface area (Å²) in [6.45, 7) is 1.18. The zero-order chi connectivity index (χ0) is 19.9. The van der Waals surface area contributed by atoms with Crippen LogP contribution < -0.4 is 10.1 Å². The molecule has 5 heteroatoms. The van der Waals surface area contributed by atoms with E-state index in [9.17, 15) is 9.18 Å². The maximum atomic E-state index is 13.8. The van der Waals surface area contributed by atoms with Crippen LogP contribution in [0.25, 0.3) is 0 Å². The number of rotatable bonds is 7. The fraction of sp³-hybridized carbons (Fsp3) is 0.174. The molecule has 0 saturated carbocycles. The number of halogens is 1. The van der Waals surface area contributed by atoms with Crippen LogP contribution in [0.5, 0.6) is 5.75 Å². The number of anilines is 1. The third kappa shape index (κ3) is 5.18. The minimum absolute atomic E-state index is 0.170. The number of carbonyl (C=O) groups is 1. The van der Waals surface area contributed by atoms with E-state index in [-0.39, 0.29) is 11.7 Å². The average Bonchev–Trinajstić information content (AvgIpc) is 2.71. The van der Waals surface area contributed by atoms with Gasteiger partial charge in [0, 0.05) is 29.9 Å². The summed E-state index contributed by atoms with van der Waals surface area (Å²) < 4.78 is 18.9. The van der Waals surface area contributed by atoms with Gasteiger partial charge in [0.25, 0.3) is 5.91 Å². The van der Waals surface area contributed by atoms with Gasteiger partial charge in [0.05, 0.1) is 7.11 Å². The maximum absolute atomic E-state index is 13.8. The molecule has 0 bridgehead atoms. The number of carbonyl (C=O) groups excluding carboxylic acids is 1. The molecule has 1 amide bonds. The SMILES string of the molecule is COc1ccc(NC(=O)c2ccc(CN(C)Cc3ccccc3F)cc2)cc1. The summed E-state index contributed by atoms with van der Waals surface area (Å²) in [6.07, 6.45) is 0. The molecule has 0 spiro atoms. The van der Waals surface area contributed by atoms with Gasteiger partial charge in [0.15, 0.2) is 0 Å². The van der Waals surface area contributed by atoms with Crippen LogP contribution in [0.4, 0.5) is 10.1 Å². The van der Waals surface area contributed by atoms with Gasteiger partial charge >= 0.3 is 0 Å². The molecule has 1 N–H and O–H groups in total. The monoisotopic (exact) mass is 378 g/mol. The van der Waals surface area contributed by atoms with Gasteiger partial charge in [0.1, 0.15) is 11.6 Å². The Kier molecular flexibility index (Phi) is 6.40. The summed E-state index contributed by atoms with van der Waals surface area (Å²) in [5.41, 5.74) is 3.01. The Labute approximate surface area is 164 Å². The molecule has 4 nitrogen and oxygen atoms in total.